The van der Waals surface area contributed by atoms with Gasteiger partial charge in [0.25, 0.3) is 0 Å². The predicted molar refractivity (Wildman–Crippen MR) is 65.7 cm³/mol. The lowest BCUT2D eigenvalue weighted by molar-refractivity contribution is 0.626. The summed E-state index contributed by atoms with van der Waals surface area (Å²) < 4.78 is 15.7. The first-order valence-corrected chi connectivity index (χ1v) is 5.48. The molecule has 6 heteroatoms. The Hall–Kier alpha value is -0.820. The van der Waals surface area contributed by atoms with Gasteiger partial charge < -0.3 is 5.73 Å². The van der Waals surface area contributed by atoms with Crippen LogP contribution >= 0.6 is 34.2 Å². The fourth-order valence-corrected chi connectivity index (χ4v) is 1.74. The molecule has 0 saturated heterocycles. The molecule has 2 rings (SSSR count). The number of hydrogen-bond acceptors (Lipinski definition) is 2. The normalized spacial score (nSPS) is 10.6. The van der Waals surface area contributed by atoms with Crippen molar-refractivity contribution in [3.8, 4) is 5.69 Å². The summed E-state index contributed by atoms with van der Waals surface area (Å²) in [5, 5.41) is 4.05. The van der Waals surface area contributed by atoms with E-state index in [-0.39, 0.29) is 5.02 Å². The first-order chi connectivity index (χ1) is 7.08. The molecule has 1 heterocycles. The van der Waals surface area contributed by atoms with Crippen LogP contribution in [0.3, 0.4) is 0 Å². The van der Waals surface area contributed by atoms with Gasteiger partial charge in [0.05, 0.1) is 26.2 Å². The van der Waals surface area contributed by atoms with Gasteiger partial charge in [-0.15, -0.1) is 0 Å². The number of nitrogen functional groups attached to an aromatic ring is 1. The molecule has 0 radical (unpaired) electrons. The van der Waals surface area contributed by atoms with Gasteiger partial charge in [0.1, 0.15) is 5.82 Å². The smallest absolute Gasteiger partial charge is 0.144 e. The number of benzene rings is 1. The lowest BCUT2D eigenvalue weighted by Crippen LogP contribution is -2.01. The second kappa shape index (κ2) is 3.97. The molecule has 0 aliphatic carbocycles. The molecule has 0 unspecified atom stereocenters. The molecular formula is C9H6ClFIN3. The molecule has 0 bridgehead atoms. The maximum absolute atomic E-state index is 13.2. The molecule has 1 aromatic carbocycles. The van der Waals surface area contributed by atoms with Crippen LogP contribution in [0, 0.1) is 9.39 Å². The number of nitrogens with two attached hydrogens (primary N) is 1. The Bertz CT molecular complexity index is 512. The zero-order valence-corrected chi connectivity index (χ0v) is 10.3. The van der Waals surface area contributed by atoms with Crippen LogP contribution in [-0.4, -0.2) is 9.78 Å². The Labute approximate surface area is 104 Å². The van der Waals surface area contributed by atoms with E-state index in [1.54, 1.807) is 12.4 Å². The van der Waals surface area contributed by atoms with E-state index in [0.29, 0.717) is 11.4 Å². The summed E-state index contributed by atoms with van der Waals surface area (Å²) in [6.45, 7) is 0. The van der Waals surface area contributed by atoms with Gasteiger partial charge in [0, 0.05) is 12.3 Å². The highest BCUT2D eigenvalue weighted by molar-refractivity contribution is 14.1. The van der Waals surface area contributed by atoms with Gasteiger partial charge in [-0.1, -0.05) is 11.6 Å². The van der Waals surface area contributed by atoms with Crippen LogP contribution in [0.1, 0.15) is 0 Å². The molecule has 0 fully saturated rings. The molecule has 2 N–H and O–H groups in total. The summed E-state index contributed by atoms with van der Waals surface area (Å²) >= 11 is 7.70. The summed E-state index contributed by atoms with van der Waals surface area (Å²) in [7, 11) is 0. The van der Waals surface area contributed by atoms with Gasteiger partial charge in [-0.2, -0.15) is 5.10 Å². The third kappa shape index (κ3) is 2.07. The minimum Gasteiger partial charge on any atom is -0.397 e. The number of anilines is 1. The Balaban J connectivity index is 2.58. The molecule has 0 amide bonds. The minimum absolute atomic E-state index is 0.0121. The van der Waals surface area contributed by atoms with Crippen LogP contribution in [0.15, 0.2) is 24.5 Å². The molecule has 0 spiro atoms. The largest absolute Gasteiger partial charge is 0.397 e. The number of rotatable bonds is 1. The average Bonchev–Trinajstić information content (AvgIpc) is 2.58. The second-order valence-electron chi connectivity index (χ2n) is 2.93. The van der Waals surface area contributed by atoms with Gasteiger partial charge in [-0.3, -0.25) is 0 Å². The van der Waals surface area contributed by atoms with Crippen molar-refractivity contribution in [1.29, 1.82) is 0 Å². The van der Waals surface area contributed by atoms with Crippen LogP contribution < -0.4 is 5.73 Å². The van der Waals surface area contributed by atoms with E-state index in [4.69, 9.17) is 17.3 Å². The number of aromatic nitrogens is 2. The molecular weight excluding hydrogens is 331 g/mol. The maximum atomic E-state index is 13.2. The van der Waals surface area contributed by atoms with Crippen molar-refractivity contribution in [3.63, 3.8) is 0 Å². The Morgan fingerprint density at radius 2 is 2.20 bits per heavy atom. The molecule has 0 atom stereocenters. The number of nitrogens with zero attached hydrogens (tertiary/aromatic N) is 2. The summed E-state index contributed by atoms with van der Waals surface area (Å²) in [4.78, 5) is 0. The van der Waals surface area contributed by atoms with Crippen molar-refractivity contribution >= 4 is 39.9 Å². The molecule has 0 aliphatic rings. The Morgan fingerprint density at radius 3 is 2.80 bits per heavy atom. The van der Waals surface area contributed by atoms with Crippen molar-refractivity contribution < 1.29 is 4.39 Å². The van der Waals surface area contributed by atoms with Crippen molar-refractivity contribution in [2.45, 2.75) is 0 Å². The predicted octanol–water partition coefficient (Wildman–Crippen LogP) is 2.85. The lowest BCUT2D eigenvalue weighted by Gasteiger charge is -2.06. The van der Waals surface area contributed by atoms with Crippen LogP contribution in [0.2, 0.25) is 5.02 Å². The molecule has 78 valence electrons. The van der Waals surface area contributed by atoms with Crippen molar-refractivity contribution in [3.05, 3.63) is 38.9 Å². The first-order valence-electron chi connectivity index (χ1n) is 4.03. The monoisotopic (exact) mass is 337 g/mol. The van der Waals surface area contributed by atoms with E-state index in [1.807, 2.05) is 0 Å². The van der Waals surface area contributed by atoms with Crippen LogP contribution in [0.4, 0.5) is 10.1 Å². The van der Waals surface area contributed by atoms with Crippen LogP contribution in [-0.2, 0) is 0 Å². The van der Waals surface area contributed by atoms with Crippen molar-refractivity contribution in [2.75, 3.05) is 5.73 Å². The fourth-order valence-electron chi connectivity index (χ4n) is 1.18. The maximum Gasteiger partial charge on any atom is 0.144 e. The van der Waals surface area contributed by atoms with Gasteiger partial charge in [0.2, 0.25) is 0 Å². The van der Waals surface area contributed by atoms with E-state index in [2.05, 4.69) is 27.7 Å². The summed E-state index contributed by atoms with van der Waals surface area (Å²) in [6.07, 6.45) is 3.41. The molecule has 0 saturated carbocycles. The zero-order chi connectivity index (χ0) is 11.0. The highest BCUT2D eigenvalue weighted by Crippen LogP contribution is 2.24. The van der Waals surface area contributed by atoms with Crippen LogP contribution in [0.5, 0.6) is 0 Å². The topological polar surface area (TPSA) is 43.8 Å². The standard InChI is InChI=1S/C9H6ClFIN3/c10-6-1-8(13)9(2-7(6)11)15-4-5(12)3-14-15/h1-4H,13H2. The zero-order valence-electron chi connectivity index (χ0n) is 7.42. The lowest BCUT2D eigenvalue weighted by atomic mass is 10.2. The first kappa shape index (κ1) is 10.7. The summed E-state index contributed by atoms with van der Waals surface area (Å²) in [5.41, 5.74) is 6.59. The van der Waals surface area contributed by atoms with E-state index >= 15 is 0 Å². The van der Waals surface area contributed by atoms with Gasteiger partial charge in [-0.05, 0) is 28.7 Å². The average molecular weight is 338 g/mol. The molecule has 0 aliphatic heterocycles. The van der Waals surface area contributed by atoms with Crippen LogP contribution in [0.25, 0.3) is 5.69 Å². The quantitative estimate of drug-likeness (QED) is 0.642. The SMILES string of the molecule is Nc1cc(Cl)c(F)cc1-n1cc(I)cn1. The van der Waals surface area contributed by atoms with E-state index < -0.39 is 5.82 Å². The van der Waals surface area contributed by atoms with E-state index in [9.17, 15) is 4.39 Å². The molecule has 2 aromatic rings. The van der Waals surface area contributed by atoms with E-state index in [0.717, 1.165) is 3.57 Å². The summed E-state index contributed by atoms with van der Waals surface area (Å²) in [6, 6.07) is 2.64. The van der Waals surface area contributed by atoms with Gasteiger partial charge in [0.15, 0.2) is 0 Å². The highest BCUT2D eigenvalue weighted by Gasteiger charge is 2.08. The number of hydrogen-bond donors (Lipinski definition) is 1. The third-order valence-electron chi connectivity index (χ3n) is 1.87. The highest BCUT2D eigenvalue weighted by atomic mass is 127. The van der Waals surface area contributed by atoms with Gasteiger partial charge >= 0.3 is 0 Å². The molecule has 15 heavy (non-hydrogen) atoms. The third-order valence-corrected chi connectivity index (χ3v) is 2.71. The van der Waals surface area contributed by atoms with Crippen molar-refractivity contribution in [1.82, 2.24) is 9.78 Å². The Kier molecular flexibility index (Phi) is 2.83. The number of halogens is 3. The molecule has 1 aromatic heterocycles. The Morgan fingerprint density at radius 1 is 1.47 bits per heavy atom. The summed E-state index contributed by atoms with van der Waals surface area (Å²) in [5.74, 6) is -0.508. The minimum atomic E-state index is -0.508. The van der Waals surface area contributed by atoms with Crippen molar-refractivity contribution in [2.24, 2.45) is 0 Å². The second-order valence-corrected chi connectivity index (χ2v) is 4.58. The van der Waals surface area contributed by atoms with E-state index in [1.165, 1.54) is 16.8 Å². The fraction of sp³-hybridized carbons (Fsp3) is 0. The van der Waals surface area contributed by atoms with Gasteiger partial charge in [-0.25, -0.2) is 9.07 Å². The molecule has 3 nitrogen and oxygen atoms in total.